The number of nitrogens with zero attached hydrogens (tertiary/aromatic N) is 1. The molecule has 5 nitrogen and oxygen atoms in total. The van der Waals surface area contributed by atoms with Gasteiger partial charge in [-0.15, -0.1) is 0 Å². The Kier molecular flexibility index (Phi) is 4.20. The smallest absolute Gasteiger partial charge is 0.315 e. The molecule has 0 atom stereocenters. The maximum Gasteiger partial charge on any atom is 0.315 e. The van der Waals surface area contributed by atoms with E-state index in [-0.39, 0.29) is 10.6 Å². The lowest BCUT2D eigenvalue weighted by atomic mass is 10.2. The first kappa shape index (κ1) is 14.6. The van der Waals surface area contributed by atoms with Crippen molar-refractivity contribution in [3.05, 3.63) is 89.0 Å². The largest absolute Gasteiger partial charge is 0.350 e. The van der Waals surface area contributed by atoms with Crippen molar-refractivity contribution in [2.45, 2.75) is 0 Å². The number of anilines is 4. The summed E-state index contributed by atoms with van der Waals surface area (Å²) in [6, 6.07) is 23.9. The van der Waals surface area contributed by atoms with Crippen molar-refractivity contribution in [2.75, 3.05) is 10.6 Å². The van der Waals surface area contributed by atoms with E-state index >= 15 is 0 Å². The number of benzene rings is 3. The highest BCUT2D eigenvalue weighted by atomic mass is 16.6. The molecule has 0 aliphatic rings. The maximum atomic E-state index is 11.5. The van der Waals surface area contributed by atoms with Gasteiger partial charge in [0.15, 0.2) is 0 Å². The van der Waals surface area contributed by atoms with E-state index in [0.717, 1.165) is 11.4 Å². The van der Waals surface area contributed by atoms with E-state index in [1.165, 1.54) is 0 Å². The summed E-state index contributed by atoms with van der Waals surface area (Å²) in [7, 11) is 0. The molecule has 23 heavy (non-hydrogen) atoms. The average Bonchev–Trinajstić information content (AvgIpc) is 2.56. The zero-order valence-corrected chi connectivity index (χ0v) is 12.3. The van der Waals surface area contributed by atoms with Crippen LogP contribution in [0.4, 0.5) is 28.4 Å². The van der Waals surface area contributed by atoms with Crippen molar-refractivity contribution in [1.29, 1.82) is 0 Å². The van der Waals surface area contributed by atoms with Gasteiger partial charge in [0.25, 0.3) is 0 Å². The van der Waals surface area contributed by atoms with Crippen LogP contribution in [0.1, 0.15) is 0 Å². The molecule has 0 aromatic heterocycles. The number of rotatable bonds is 5. The Balaban J connectivity index is 1.97. The number of nitro benzene ring substituents is 1. The van der Waals surface area contributed by atoms with Crippen LogP contribution in [0.3, 0.4) is 0 Å². The third-order valence-electron chi connectivity index (χ3n) is 3.32. The molecular weight excluding hydrogens is 290 g/mol. The lowest BCUT2D eigenvalue weighted by molar-refractivity contribution is -0.383. The van der Waals surface area contributed by atoms with Crippen molar-refractivity contribution in [1.82, 2.24) is 0 Å². The monoisotopic (exact) mass is 305 g/mol. The second-order valence-corrected chi connectivity index (χ2v) is 4.94. The first-order valence-electron chi connectivity index (χ1n) is 7.15. The summed E-state index contributed by atoms with van der Waals surface area (Å²) in [6.07, 6.45) is 0. The summed E-state index contributed by atoms with van der Waals surface area (Å²) >= 11 is 0. The number of para-hydroxylation sites is 3. The third-order valence-corrected chi connectivity index (χ3v) is 3.32. The molecule has 0 aliphatic carbocycles. The predicted octanol–water partition coefficient (Wildman–Crippen LogP) is 5.08. The number of nitro groups is 1. The van der Waals surface area contributed by atoms with Gasteiger partial charge in [0.2, 0.25) is 0 Å². The van der Waals surface area contributed by atoms with Gasteiger partial charge in [-0.3, -0.25) is 10.1 Å². The first-order valence-corrected chi connectivity index (χ1v) is 7.15. The molecule has 0 saturated carbocycles. The van der Waals surface area contributed by atoms with E-state index in [2.05, 4.69) is 10.6 Å². The van der Waals surface area contributed by atoms with E-state index in [9.17, 15) is 10.1 Å². The predicted molar refractivity (Wildman–Crippen MR) is 92.5 cm³/mol. The topological polar surface area (TPSA) is 67.2 Å². The van der Waals surface area contributed by atoms with E-state index in [1.54, 1.807) is 18.2 Å². The second kappa shape index (κ2) is 6.62. The van der Waals surface area contributed by atoms with E-state index < -0.39 is 0 Å². The van der Waals surface area contributed by atoms with Gasteiger partial charge in [0.1, 0.15) is 11.4 Å². The summed E-state index contributed by atoms with van der Waals surface area (Å²) in [5.74, 6) is 0. The average molecular weight is 305 g/mol. The van der Waals surface area contributed by atoms with Gasteiger partial charge in [0.05, 0.1) is 4.92 Å². The van der Waals surface area contributed by atoms with Crippen molar-refractivity contribution in [3.63, 3.8) is 0 Å². The minimum Gasteiger partial charge on any atom is -0.350 e. The molecule has 0 unspecified atom stereocenters. The quantitative estimate of drug-likeness (QED) is 0.509. The van der Waals surface area contributed by atoms with Crippen LogP contribution in [-0.2, 0) is 0 Å². The van der Waals surface area contributed by atoms with Gasteiger partial charge >= 0.3 is 5.69 Å². The fraction of sp³-hybridized carbons (Fsp3) is 0. The van der Waals surface area contributed by atoms with Crippen LogP contribution >= 0.6 is 0 Å². The number of nitrogens with one attached hydrogen (secondary N) is 2. The zero-order chi connectivity index (χ0) is 16.1. The van der Waals surface area contributed by atoms with E-state index in [1.807, 2.05) is 60.7 Å². The van der Waals surface area contributed by atoms with Gasteiger partial charge < -0.3 is 10.6 Å². The molecule has 3 rings (SSSR count). The van der Waals surface area contributed by atoms with Crippen molar-refractivity contribution in [3.8, 4) is 0 Å². The fourth-order valence-electron chi connectivity index (χ4n) is 2.30. The molecule has 0 heterocycles. The summed E-state index contributed by atoms with van der Waals surface area (Å²) < 4.78 is 0. The Hall–Kier alpha value is -3.34. The molecule has 0 radical (unpaired) electrons. The third kappa shape index (κ3) is 3.47. The van der Waals surface area contributed by atoms with E-state index in [0.29, 0.717) is 11.4 Å². The zero-order valence-electron chi connectivity index (χ0n) is 12.3. The highest BCUT2D eigenvalue weighted by molar-refractivity contribution is 5.82. The summed E-state index contributed by atoms with van der Waals surface area (Å²) in [5.41, 5.74) is 2.50. The Bertz CT molecular complexity index is 745. The second-order valence-electron chi connectivity index (χ2n) is 4.94. The van der Waals surface area contributed by atoms with Crippen LogP contribution in [0.25, 0.3) is 0 Å². The molecule has 3 aromatic rings. The van der Waals surface area contributed by atoms with Gasteiger partial charge in [0, 0.05) is 11.4 Å². The molecule has 5 heteroatoms. The molecule has 114 valence electrons. The first-order chi connectivity index (χ1) is 11.2. The van der Waals surface area contributed by atoms with Crippen molar-refractivity contribution < 1.29 is 4.92 Å². The Morgan fingerprint density at radius 2 is 1.09 bits per heavy atom. The van der Waals surface area contributed by atoms with Crippen molar-refractivity contribution in [2.24, 2.45) is 0 Å². The highest BCUT2D eigenvalue weighted by Gasteiger charge is 2.19. The Labute approximate surface area is 133 Å². The number of hydrogen-bond acceptors (Lipinski definition) is 4. The molecule has 0 saturated heterocycles. The van der Waals surface area contributed by atoms with Gasteiger partial charge in [-0.2, -0.15) is 0 Å². The highest BCUT2D eigenvalue weighted by Crippen LogP contribution is 2.36. The summed E-state index contributed by atoms with van der Waals surface area (Å²) in [5, 5.41) is 17.7. The molecule has 2 N–H and O–H groups in total. The number of hydrogen-bond donors (Lipinski definition) is 2. The minimum atomic E-state index is -0.378. The normalized spacial score (nSPS) is 10.1. The van der Waals surface area contributed by atoms with Crippen LogP contribution in [0.2, 0.25) is 0 Å². The van der Waals surface area contributed by atoms with Crippen LogP contribution in [0, 0.1) is 10.1 Å². The van der Waals surface area contributed by atoms with Crippen LogP contribution in [0.5, 0.6) is 0 Å². The van der Waals surface area contributed by atoms with Crippen molar-refractivity contribution >= 4 is 28.4 Å². The van der Waals surface area contributed by atoms with Gasteiger partial charge in [-0.1, -0.05) is 42.5 Å². The molecular formula is C18H15N3O2. The lowest BCUT2D eigenvalue weighted by Crippen LogP contribution is -2.01. The Morgan fingerprint density at radius 3 is 1.48 bits per heavy atom. The van der Waals surface area contributed by atoms with E-state index in [4.69, 9.17) is 0 Å². The minimum absolute atomic E-state index is 0.0141. The summed E-state index contributed by atoms with van der Waals surface area (Å²) in [6.45, 7) is 0. The Morgan fingerprint density at radius 1 is 0.652 bits per heavy atom. The molecule has 0 fully saturated rings. The van der Waals surface area contributed by atoms with Crippen LogP contribution < -0.4 is 10.6 Å². The summed E-state index contributed by atoms with van der Waals surface area (Å²) in [4.78, 5) is 11.2. The van der Waals surface area contributed by atoms with Gasteiger partial charge in [-0.25, -0.2) is 0 Å². The molecule has 0 amide bonds. The van der Waals surface area contributed by atoms with Gasteiger partial charge in [-0.05, 0) is 36.4 Å². The van der Waals surface area contributed by atoms with Crippen LogP contribution in [-0.4, -0.2) is 4.92 Å². The van der Waals surface area contributed by atoms with Crippen LogP contribution in [0.15, 0.2) is 78.9 Å². The lowest BCUT2D eigenvalue weighted by Gasteiger charge is -2.11. The fourth-order valence-corrected chi connectivity index (χ4v) is 2.30. The standard InChI is InChI=1S/C18H15N3O2/c22-21(23)18-16(19-14-8-3-1-4-9-14)12-7-13-17(18)20-15-10-5-2-6-11-15/h1-13,19-20H. The maximum absolute atomic E-state index is 11.5. The molecule has 0 spiro atoms. The molecule has 0 aliphatic heterocycles. The molecule has 3 aromatic carbocycles. The SMILES string of the molecule is O=[N+]([O-])c1c(Nc2ccccc2)cccc1Nc1ccccc1. The molecule has 0 bridgehead atoms.